The van der Waals surface area contributed by atoms with E-state index in [1.54, 1.807) is 24.4 Å². The van der Waals surface area contributed by atoms with E-state index in [0.29, 0.717) is 5.75 Å². The molecule has 0 aliphatic heterocycles. The first-order chi connectivity index (χ1) is 8.69. The molecule has 1 heterocycles. The van der Waals surface area contributed by atoms with Gasteiger partial charge in [-0.05, 0) is 30.7 Å². The lowest BCUT2D eigenvalue weighted by atomic mass is 10.2. The number of nitrogens with zero attached hydrogens (tertiary/aromatic N) is 2. The summed E-state index contributed by atoms with van der Waals surface area (Å²) < 4.78 is 4.96. The van der Waals surface area contributed by atoms with E-state index in [1.807, 2.05) is 12.3 Å². The molecule has 0 aliphatic carbocycles. The molecule has 0 bridgehead atoms. The molecule has 2 rings (SSSR count). The summed E-state index contributed by atoms with van der Waals surface area (Å²) in [6, 6.07) is 5.07. The molecule has 0 radical (unpaired) electrons. The Kier molecular flexibility index (Phi) is 3.78. The van der Waals surface area contributed by atoms with Crippen LogP contribution in [0, 0.1) is 6.92 Å². The summed E-state index contributed by atoms with van der Waals surface area (Å²) in [5, 5.41) is 16.3. The molecule has 6 heteroatoms. The van der Waals surface area contributed by atoms with Crippen molar-refractivity contribution in [2.24, 2.45) is 5.10 Å². The van der Waals surface area contributed by atoms with E-state index in [2.05, 4.69) is 15.5 Å². The molecule has 1 aromatic carbocycles. The summed E-state index contributed by atoms with van der Waals surface area (Å²) in [7, 11) is 1.51. The minimum Gasteiger partial charge on any atom is -0.504 e. The van der Waals surface area contributed by atoms with Crippen molar-refractivity contribution in [3.05, 3.63) is 34.8 Å². The van der Waals surface area contributed by atoms with Crippen LogP contribution in [0.5, 0.6) is 11.5 Å². The molecule has 0 amide bonds. The second kappa shape index (κ2) is 5.50. The average Bonchev–Trinajstić information content (AvgIpc) is 2.75. The van der Waals surface area contributed by atoms with Crippen LogP contribution in [0.2, 0.25) is 0 Å². The van der Waals surface area contributed by atoms with Crippen LogP contribution in [-0.2, 0) is 0 Å². The molecule has 0 atom stereocenters. The summed E-state index contributed by atoms with van der Waals surface area (Å²) in [6.07, 6.45) is 1.61. The summed E-state index contributed by atoms with van der Waals surface area (Å²) in [5.41, 5.74) is 4.56. The number of aromatic hydroxyl groups is 1. The van der Waals surface area contributed by atoms with Gasteiger partial charge in [0.25, 0.3) is 0 Å². The first-order valence-electron chi connectivity index (χ1n) is 5.27. The van der Waals surface area contributed by atoms with Gasteiger partial charge in [0.05, 0.1) is 19.0 Å². The van der Waals surface area contributed by atoms with Crippen LogP contribution in [0.3, 0.4) is 0 Å². The van der Waals surface area contributed by atoms with Gasteiger partial charge in [-0.25, -0.2) is 4.98 Å². The van der Waals surface area contributed by atoms with Crippen LogP contribution in [0.4, 0.5) is 5.13 Å². The Morgan fingerprint density at radius 1 is 1.50 bits per heavy atom. The lowest BCUT2D eigenvalue weighted by Crippen LogP contribution is -1.91. The number of hydrogen-bond acceptors (Lipinski definition) is 6. The lowest BCUT2D eigenvalue weighted by molar-refractivity contribution is 0.373. The predicted molar refractivity (Wildman–Crippen MR) is 72.7 cm³/mol. The van der Waals surface area contributed by atoms with Crippen molar-refractivity contribution in [2.75, 3.05) is 12.5 Å². The molecule has 2 aromatic rings. The van der Waals surface area contributed by atoms with Crippen molar-refractivity contribution < 1.29 is 9.84 Å². The second-order valence-corrected chi connectivity index (χ2v) is 4.45. The van der Waals surface area contributed by atoms with Crippen LogP contribution < -0.4 is 10.2 Å². The van der Waals surface area contributed by atoms with E-state index in [4.69, 9.17) is 4.74 Å². The summed E-state index contributed by atoms with van der Waals surface area (Å²) in [4.78, 5) is 4.21. The Labute approximate surface area is 109 Å². The van der Waals surface area contributed by atoms with Crippen LogP contribution in [0.1, 0.15) is 11.3 Å². The maximum absolute atomic E-state index is 9.59. The maximum atomic E-state index is 9.59. The fourth-order valence-electron chi connectivity index (χ4n) is 1.35. The van der Waals surface area contributed by atoms with E-state index < -0.39 is 0 Å². The fraction of sp³-hybridized carbons (Fsp3) is 0.167. The zero-order valence-corrected chi connectivity index (χ0v) is 10.9. The van der Waals surface area contributed by atoms with Gasteiger partial charge in [-0.1, -0.05) is 0 Å². The Morgan fingerprint density at radius 2 is 2.33 bits per heavy atom. The van der Waals surface area contributed by atoms with Gasteiger partial charge in [0, 0.05) is 5.38 Å². The van der Waals surface area contributed by atoms with Crippen molar-refractivity contribution in [1.82, 2.24) is 4.98 Å². The summed E-state index contributed by atoms with van der Waals surface area (Å²) in [6.45, 7) is 1.92. The van der Waals surface area contributed by atoms with Crippen molar-refractivity contribution >= 4 is 22.7 Å². The van der Waals surface area contributed by atoms with Gasteiger partial charge in [-0.15, -0.1) is 11.3 Å². The van der Waals surface area contributed by atoms with Crippen LogP contribution in [0.25, 0.3) is 0 Å². The number of methoxy groups -OCH3 is 1. The van der Waals surface area contributed by atoms with Gasteiger partial charge >= 0.3 is 0 Å². The highest BCUT2D eigenvalue weighted by molar-refractivity contribution is 7.13. The molecule has 1 aromatic heterocycles. The number of ether oxygens (including phenoxy) is 1. The molecule has 0 fully saturated rings. The van der Waals surface area contributed by atoms with Gasteiger partial charge in [0.15, 0.2) is 11.5 Å². The Balaban J connectivity index is 2.03. The summed E-state index contributed by atoms with van der Waals surface area (Å²) >= 11 is 1.49. The number of benzene rings is 1. The minimum absolute atomic E-state index is 0.0894. The molecular formula is C12H13N3O2S. The molecule has 0 spiro atoms. The highest BCUT2D eigenvalue weighted by Crippen LogP contribution is 2.25. The monoisotopic (exact) mass is 263 g/mol. The predicted octanol–water partition coefficient (Wildman–Crippen LogP) is 2.61. The molecule has 2 N–H and O–H groups in total. The van der Waals surface area contributed by atoms with Crippen molar-refractivity contribution in [1.29, 1.82) is 0 Å². The molecule has 0 saturated heterocycles. The zero-order chi connectivity index (χ0) is 13.0. The third kappa shape index (κ3) is 2.98. The molecular weight excluding hydrogens is 250 g/mol. The Bertz CT molecular complexity index is 566. The highest BCUT2D eigenvalue weighted by Gasteiger charge is 2.00. The van der Waals surface area contributed by atoms with E-state index in [-0.39, 0.29) is 5.75 Å². The number of hydrogen-bond donors (Lipinski definition) is 2. The highest BCUT2D eigenvalue weighted by atomic mass is 32.1. The van der Waals surface area contributed by atoms with Gasteiger partial charge < -0.3 is 9.84 Å². The van der Waals surface area contributed by atoms with E-state index in [9.17, 15) is 5.11 Å². The smallest absolute Gasteiger partial charge is 0.203 e. The fourth-order valence-corrected chi connectivity index (χ4v) is 1.99. The summed E-state index contributed by atoms with van der Waals surface area (Å²) in [5.74, 6) is 0.530. The average molecular weight is 263 g/mol. The number of aryl methyl sites for hydroxylation is 1. The molecule has 5 nitrogen and oxygen atoms in total. The number of thiazole rings is 1. The normalized spacial score (nSPS) is 10.8. The van der Waals surface area contributed by atoms with Gasteiger partial charge in [0.2, 0.25) is 5.13 Å². The van der Waals surface area contributed by atoms with Crippen LogP contribution in [-0.4, -0.2) is 23.4 Å². The third-order valence-electron chi connectivity index (χ3n) is 2.20. The lowest BCUT2D eigenvalue weighted by Gasteiger charge is -2.02. The van der Waals surface area contributed by atoms with Crippen LogP contribution >= 0.6 is 11.3 Å². The third-order valence-corrected chi connectivity index (χ3v) is 3.06. The standard InChI is InChI=1S/C12H13N3O2S/c1-8-7-18-12(14-8)15-13-6-9-3-4-11(17-2)10(16)5-9/h3-7,16H,1-2H3,(H,14,15). The topological polar surface area (TPSA) is 66.7 Å². The molecule has 94 valence electrons. The first kappa shape index (κ1) is 12.4. The number of phenolic OH excluding ortho intramolecular Hbond substituents is 1. The molecule has 18 heavy (non-hydrogen) atoms. The first-order valence-corrected chi connectivity index (χ1v) is 6.15. The van der Waals surface area contributed by atoms with Crippen LogP contribution in [0.15, 0.2) is 28.7 Å². The molecule has 0 unspecified atom stereocenters. The second-order valence-electron chi connectivity index (χ2n) is 3.60. The van der Waals surface area contributed by atoms with Gasteiger partial charge in [0.1, 0.15) is 0 Å². The van der Waals surface area contributed by atoms with E-state index >= 15 is 0 Å². The zero-order valence-electron chi connectivity index (χ0n) is 10.0. The van der Waals surface area contributed by atoms with Gasteiger partial charge in [-0.2, -0.15) is 5.10 Å². The van der Waals surface area contributed by atoms with Crippen molar-refractivity contribution in [3.63, 3.8) is 0 Å². The Hall–Kier alpha value is -2.08. The number of rotatable bonds is 4. The number of aromatic nitrogens is 1. The molecule has 0 aliphatic rings. The van der Waals surface area contributed by atoms with E-state index in [0.717, 1.165) is 16.4 Å². The van der Waals surface area contributed by atoms with Crippen molar-refractivity contribution in [3.8, 4) is 11.5 Å². The van der Waals surface area contributed by atoms with E-state index in [1.165, 1.54) is 18.4 Å². The molecule has 0 saturated carbocycles. The minimum atomic E-state index is 0.0894. The van der Waals surface area contributed by atoms with Gasteiger partial charge in [-0.3, -0.25) is 5.43 Å². The SMILES string of the molecule is COc1ccc(C=NNc2nc(C)cs2)cc1O. The number of phenols is 1. The number of nitrogens with one attached hydrogen (secondary N) is 1. The number of anilines is 1. The largest absolute Gasteiger partial charge is 0.504 e. The Morgan fingerprint density at radius 3 is 2.94 bits per heavy atom. The number of hydrazone groups is 1. The maximum Gasteiger partial charge on any atom is 0.203 e. The van der Waals surface area contributed by atoms with Crippen molar-refractivity contribution in [2.45, 2.75) is 6.92 Å². The quantitative estimate of drug-likeness (QED) is 0.657.